The maximum absolute atomic E-state index is 14.7. The molecule has 2 saturated heterocycles. The van der Waals surface area contributed by atoms with Gasteiger partial charge in [-0.25, -0.2) is 29.1 Å². The number of hydrogen-bond donors (Lipinski definition) is 6. The van der Waals surface area contributed by atoms with Crippen LogP contribution in [0.3, 0.4) is 0 Å². The third-order valence-electron chi connectivity index (χ3n) is 23.8. The van der Waals surface area contributed by atoms with E-state index in [9.17, 15) is 39.0 Å². The van der Waals surface area contributed by atoms with E-state index in [-0.39, 0.29) is 73.7 Å². The zero-order valence-corrected chi connectivity index (χ0v) is 75.3. The van der Waals surface area contributed by atoms with Crippen molar-refractivity contribution in [1.82, 2.24) is 54.9 Å². The van der Waals surface area contributed by atoms with Crippen LogP contribution >= 0.6 is 0 Å². The van der Waals surface area contributed by atoms with Crippen molar-refractivity contribution in [3.63, 3.8) is 0 Å². The van der Waals surface area contributed by atoms with Crippen LogP contribution in [0.15, 0.2) is 84.7 Å². The molecule has 35 nitrogen and oxygen atoms in total. The smallest absolute Gasteiger partial charge is 0.329 e. The first kappa shape index (κ1) is 102. The highest BCUT2D eigenvalue weighted by Gasteiger charge is 2.53. The number of Topliss-reactive ketones (excluding diaryl/α,β-unsaturated/α-hetero) is 3. The molecule has 700 valence electrons. The van der Waals surface area contributed by atoms with E-state index in [1.807, 2.05) is 73.4 Å². The largest absolute Gasteiger partial charge is 0.459 e. The minimum atomic E-state index is -2.48. The first-order chi connectivity index (χ1) is 61.0. The number of ether oxygens (including phenoxy) is 14. The fraction of sp³-hybridized carbons (Fsp3) is 0.692. The van der Waals surface area contributed by atoms with Crippen LogP contribution in [0.2, 0.25) is 0 Å². The number of pyridine rings is 1. The Morgan fingerprint density at radius 2 is 1.42 bits per heavy atom. The lowest BCUT2D eigenvalue weighted by Crippen LogP contribution is -2.61. The Labute approximate surface area is 740 Å². The molecule has 5 aromatic heterocycles. The minimum absolute atomic E-state index is 0.0134. The number of fused-ring (bicyclic) bond motifs is 5. The summed E-state index contributed by atoms with van der Waals surface area (Å²) in [5, 5.41) is 41.9. The van der Waals surface area contributed by atoms with Crippen LogP contribution in [0.1, 0.15) is 156 Å². The molecule has 35 heteroatoms. The molecule has 0 radical (unpaired) electrons. The van der Waals surface area contributed by atoms with Gasteiger partial charge < -0.3 is 103 Å². The number of allylic oxidation sites excluding steroid dienone is 6. The molecule has 0 aromatic carbocycles. The number of ketones is 3. The monoisotopic (exact) mass is 1770 g/mol. The number of anilines is 1. The SMILES string of the molecule is CO[C@H]1C[C@@H]2CC[C@@H](C)[C@@](O)(O2)C(=O)C(=O)N2CCCC[C@H]2C(=O)O[C@H]([C@H](N)C[C@@H]2CC[C@@H](OCCCCc3cn(CCOCCOCCOCCOCCOCCOCCOCCOCCC(=O)NCCCCn4nc(-c5cnc6[nH]ccc6c5)c5c(N)ncnc54)nn3)[C@H](OC)C2)CC(=O)[C@H](C)/C=C(\C)[C@@H](O)[C@@H](OC)C(=O)[C@H](C)C[C@H](C)/C=C/C=CC=C1C. The summed E-state index contributed by atoms with van der Waals surface area (Å²) in [4.78, 5) is 102. The predicted octanol–water partition coefficient (Wildman–Crippen LogP) is 7.90. The van der Waals surface area contributed by atoms with Crippen molar-refractivity contribution in [3.05, 3.63) is 90.3 Å². The number of carbonyl (C=O) groups is 6. The average molecular weight is 1770 g/mol. The lowest BCUT2D eigenvalue weighted by molar-refractivity contribution is -0.265. The van der Waals surface area contributed by atoms with Crippen LogP contribution in [-0.4, -0.2) is 302 Å². The van der Waals surface area contributed by atoms with Gasteiger partial charge >= 0.3 is 5.97 Å². The summed E-state index contributed by atoms with van der Waals surface area (Å²) >= 11 is 0. The Balaban J connectivity index is 0.587. The van der Waals surface area contributed by atoms with Crippen molar-refractivity contribution in [1.29, 1.82) is 0 Å². The maximum atomic E-state index is 14.7. The highest BCUT2D eigenvalue weighted by molar-refractivity contribution is 6.39. The van der Waals surface area contributed by atoms with Gasteiger partial charge in [0.2, 0.25) is 11.7 Å². The molecule has 9 rings (SSSR count). The Morgan fingerprint density at radius 3 is 2.10 bits per heavy atom. The number of cyclic esters (lactones) is 1. The molecule has 1 saturated carbocycles. The summed E-state index contributed by atoms with van der Waals surface area (Å²) in [6, 6.07) is 1.87. The van der Waals surface area contributed by atoms with Crippen LogP contribution < -0.4 is 16.8 Å². The van der Waals surface area contributed by atoms with Gasteiger partial charge in [0.15, 0.2) is 11.4 Å². The van der Waals surface area contributed by atoms with Gasteiger partial charge in [-0.2, -0.15) is 5.10 Å². The fourth-order valence-corrected chi connectivity index (χ4v) is 16.4. The molecular formula is C91H139N13O22. The second kappa shape index (κ2) is 54.4. The summed E-state index contributed by atoms with van der Waals surface area (Å²) in [6.07, 6.45) is 21.7. The molecule has 126 heavy (non-hydrogen) atoms. The first-order valence-corrected chi connectivity index (χ1v) is 45.0. The highest BCUT2D eigenvalue weighted by atomic mass is 16.6. The number of amides is 2. The van der Waals surface area contributed by atoms with E-state index >= 15 is 0 Å². The first-order valence-electron chi connectivity index (χ1n) is 45.0. The Kier molecular flexibility index (Phi) is 43.9. The van der Waals surface area contributed by atoms with E-state index in [1.165, 1.54) is 18.3 Å². The molecule has 2 bridgehead atoms. The number of H-pyrrole nitrogens is 1. The number of aliphatic hydroxyl groups excluding tert-OH is 1. The van der Waals surface area contributed by atoms with E-state index in [1.54, 1.807) is 58.9 Å². The lowest BCUT2D eigenvalue weighted by Gasteiger charge is -2.42. The zero-order valence-electron chi connectivity index (χ0n) is 75.3. The summed E-state index contributed by atoms with van der Waals surface area (Å²) in [5.41, 5.74) is 18.4. The number of nitrogens with zero attached hydrogens (tertiary/aromatic N) is 9. The van der Waals surface area contributed by atoms with Gasteiger partial charge in [-0.1, -0.05) is 69.4 Å². The predicted molar refractivity (Wildman–Crippen MR) is 469 cm³/mol. The average Bonchev–Trinajstić information content (AvgIpc) is 1.16. The summed E-state index contributed by atoms with van der Waals surface area (Å²) < 4.78 is 85.1. The molecule has 0 spiro atoms. The highest BCUT2D eigenvalue weighted by Crippen LogP contribution is 2.39. The van der Waals surface area contributed by atoms with Gasteiger partial charge in [-0.3, -0.25) is 24.0 Å². The molecule has 3 aliphatic heterocycles. The summed E-state index contributed by atoms with van der Waals surface area (Å²) in [7, 11) is 4.60. The molecular weight excluding hydrogens is 1630 g/mol. The van der Waals surface area contributed by atoms with Crippen molar-refractivity contribution < 1.29 is 105 Å². The molecule has 8 heterocycles. The van der Waals surface area contributed by atoms with E-state index < -0.39 is 83.8 Å². The van der Waals surface area contributed by atoms with Crippen molar-refractivity contribution in [2.45, 2.75) is 231 Å². The van der Waals surface area contributed by atoms with Gasteiger partial charge in [0.05, 0.1) is 148 Å². The Bertz CT molecular complexity index is 4270. The summed E-state index contributed by atoms with van der Waals surface area (Å²) in [6.45, 7) is 19.5. The van der Waals surface area contributed by atoms with E-state index in [2.05, 4.69) is 35.6 Å². The van der Waals surface area contributed by atoms with Crippen LogP contribution in [0.25, 0.3) is 33.3 Å². The van der Waals surface area contributed by atoms with Crippen LogP contribution in [0.5, 0.6) is 0 Å². The number of rotatable bonds is 45. The van der Waals surface area contributed by atoms with Gasteiger partial charge in [-0.15, -0.1) is 5.10 Å². The molecule has 1 aliphatic carbocycles. The van der Waals surface area contributed by atoms with Gasteiger partial charge in [-0.05, 0) is 145 Å². The van der Waals surface area contributed by atoms with Crippen LogP contribution in [-0.2, 0) is 115 Å². The molecule has 0 unspecified atom stereocenters. The summed E-state index contributed by atoms with van der Waals surface area (Å²) in [5.74, 6) is -8.00. The molecule has 5 aromatic rings. The number of esters is 1. The minimum Gasteiger partial charge on any atom is -0.459 e. The van der Waals surface area contributed by atoms with Gasteiger partial charge in [0.1, 0.15) is 53.6 Å². The Morgan fingerprint density at radius 1 is 0.730 bits per heavy atom. The van der Waals surface area contributed by atoms with Crippen LogP contribution in [0, 0.1) is 29.6 Å². The second-order valence-corrected chi connectivity index (χ2v) is 33.4. The van der Waals surface area contributed by atoms with E-state index in [0.717, 1.165) is 60.0 Å². The zero-order chi connectivity index (χ0) is 90.2. The second-order valence-electron chi connectivity index (χ2n) is 33.4. The number of piperidine rings is 1. The molecule has 8 N–H and O–H groups in total. The third kappa shape index (κ3) is 31.9. The quantitative estimate of drug-likeness (QED) is 0.00933. The number of aromatic amines is 1. The van der Waals surface area contributed by atoms with Crippen LogP contribution in [0.4, 0.5) is 5.82 Å². The molecule has 4 aliphatic rings. The number of aromatic nitrogens is 9. The third-order valence-corrected chi connectivity index (χ3v) is 23.8. The molecule has 2 amide bonds. The number of nitrogens with one attached hydrogen (secondary N) is 2. The number of aliphatic hydroxyl groups is 2. The van der Waals surface area contributed by atoms with Crippen molar-refractivity contribution in [2.24, 2.45) is 35.3 Å². The van der Waals surface area contributed by atoms with Crippen molar-refractivity contribution in [2.75, 3.05) is 152 Å². The fourth-order valence-electron chi connectivity index (χ4n) is 16.4. The standard InChI is InChI=1S/C91H139N13O22/c1-61-19-11-10-12-20-62(2)76(113-7)56-71-25-23-66(6)91(112,126-71)85(109)89(110)103-31-16-13-22-73(103)90(111)125-77(57-74(105)63(3)52-65(5)83(108)84(115-9)82(107)64(4)51-61)72(92)53-67-24-26-75(78(54-67)114-8)124-34-18-14-21-70-59-102(101-99-70)33-36-117-38-40-119-42-44-121-46-48-123-50-49-122-47-45-120-43-41-118-39-37-116-35-28-79(106)94-29-15-17-32-104-88-80(86(93)97-60-98-88)81(100-104)69-55-68-27-30-95-87(68)96-58-69/h10-12,19-20,27,30,52,55,58-61,63-64,66-67,71-73,75-78,83-84,108,112H,13-18,21-26,28-29,31-51,53-54,56-57,92H2,1-9H3,(H,94,106)(H,95,96)(H2,93,97,98)/b12-10?,19-11+,62-20?,65-52+/t61-,63-,64-,66-,67+,71+,72-,73+,75-,76+,77+,78-,83-,84+,91-/m1/s1. The van der Waals surface area contributed by atoms with E-state index in [0.29, 0.717) is 218 Å². The van der Waals surface area contributed by atoms with Crippen molar-refractivity contribution in [3.8, 4) is 11.3 Å². The number of carbonyl (C=O) groups excluding carboxylic acids is 6. The number of unbranched alkanes of at least 4 members (excludes halogenated alkanes) is 2. The number of hydrogen-bond acceptors (Lipinski definition) is 30. The normalized spacial score (nSPS) is 26.0. The number of nitrogen functional groups attached to an aromatic ring is 1. The van der Waals surface area contributed by atoms with E-state index in [4.69, 9.17) is 82.9 Å². The van der Waals surface area contributed by atoms with Crippen molar-refractivity contribution >= 4 is 63.0 Å². The number of methoxy groups -OCH3 is 3. The Hall–Kier alpha value is -8.08. The maximum Gasteiger partial charge on any atom is 0.329 e. The lowest BCUT2D eigenvalue weighted by atomic mass is 9.80. The molecule has 15 atom stereocenters. The topological polar surface area (TPSA) is 442 Å². The van der Waals surface area contributed by atoms with Gasteiger partial charge in [0, 0.05) is 120 Å². The molecule has 3 fully saturated rings. The van der Waals surface area contributed by atoms with Gasteiger partial charge in [0.25, 0.3) is 11.7 Å². The number of aryl methyl sites for hydroxylation is 2. The number of nitrogens with two attached hydrogens (primary N) is 2.